The standard InChI is InChI=1S/C22H23FN4O2/c1-2-27-22(29)19-6-4-3-5-18(19)20(25-27)21(28)24-13-15-11-12-26(14-15)17-9-7-16(23)8-10-17/h3-10,15H,2,11-14H2,1H3,(H,24,28). The number of rotatable bonds is 5. The highest BCUT2D eigenvalue weighted by Gasteiger charge is 2.24. The van der Waals surface area contributed by atoms with Gasteiger partial charge in [-0.1, -0.05) is 18.2 Å². The Balaban J connectivity index is 1.46. The molecular weight excluding hydrogens is 371 g/mol. The van der Waals surface area contributed by atoms with Crippen LogP contribution in [0.3, 0.4) is 0 Å². The second-order valence-electron chi connectivity index (χ2n) is 7.30. The molecule has 3 aromatic rings. The summed E-state index contributed by atoms with van der Waals surface area (Å²) in [5.41, 5.74) is 1.07. The molecule has 1 aliphatic rings. The van der Waals surface area contributed by atoms with Gasteiger partial charge in [-0.3, -0.25) is 9.59 Å². The molecule has 0 saturated carbocycles. The molecule has 1 aliphatic heterocycles. The first-order valence-electron chi connectivity index (χ1n) is 9.85. The van der Waals surface area contributed by atoms with Gasteiger partial charge in [-0.2, -0.15) is 5.10 Å². The van der Waals surface area contributed by atoms with Gasteiger partial charge < -0.3 is 10.2 Å². The summed E-state index contributed by atoms with van der Waals surface area (Å²) in [4.78, 5) is 27.5. The van der Waals surface area contributed by atoms with Gasteiger partial charge in [0, 0.05) is 37.3 Å². The minimum absolute atomic E-state index is 0.189. The zero-order chi connectivity index (χ0) is 20.4. The molecule has 2 aromatic carbocycles. The Labute approximate surface area is 167 Å². The minimum atomic E-state index is -0.274. The Bertz CT molecular complexity index is 1090. The second-order valence-corrected chi connectivity index (χ2v) is 7.30. The zero-order valence-corrected chi connectivity index (χ0v) is 16.3. The molecule has 6 nitrogen and oxygen atoms in total. The van der Waals surface area contributed by atoms with Crippen molar-refractivity contribution in [3.63, 3.8) is 0 Å². The fraction of sp³-hybridized carbons (Fsp3) is 0.318. The van der Waals surface area contributed by atoms with Crippen molar-refractivity contribution in [3.8, 4) is 0 Å². The molecule has 1 aromatic heterocycles. The van der Waals surface area contributed by atoms with Crippen LogP contribution in [-0.2, 0) is 6.54 Å². The van der Waals surface area contributed by atoms with Crippen molar-refractivity contribution in [1.82, 2.24) is 15.1 Å². The topological polar surface area (TPSA) is 67.2 Å². The number of carbonyl (C=O) groups excluding carboxylic acids is 1. The summed E-state index contributed by atoms with van der Waals surface area (Å²) < 4.78 is 14.4. The highest BCUT2D eigenvalue weighted by Crippen LogP contribution is 2.23. The predicted molar refractivity (Wildman–Crippen MR) is 111 cm³/mol. The number of aromatic nitrogens is 2. The van der Waals surface area contributed by atoms with Gasteiger partial charge in [0.15, 0.2) is 5.69 Å². The number of fused-ring (bicyclic) bond motifs is 1. The predicted octanol–water partition coefficient (Wildman–Crippen LogP) is 2.81. The molecule has 1 fully saturated rings. The molecule has 7 heteroatoms. The lowest BCUT2D eigenvalue weighted by Crippen LogP contribution is -2.34. The van der Waals surface area contributed by atoms with E-state index in [-0.39, 0.29) is 23.0 Å². The van der Waals surface area contributed by atoms with Gasteiger partial charge in [0.25, 0.3) is 11.5 Å². The highest BCUT2D eigenvalue weighted by molar-refractivity contribution is 6.04. The van der Waals surface area contributed by atoms with E-state index >= 15 is 0 Å². The van der Waals surface area contributed by atoms with Gasteiger partial charge in [0.05, 0.1) is 5.39 Å². The number of amides is 1. The lowest BCUT2D eigenvalue weighted by atomic mass is 10.1. The van der Waals surface area contributed by atoms with Crippen LogP contribution in [0.4, 0.5) is 10.1 Å². The number of carbonyl (C=O) groups is 1. The van der Waals surface area contributed by atoms with Crippen LogP contribution < -0.4 is 15.8 Å². The van der Waals surface area contributed by atoms with E-state index in [1.807, 2.05) is 6.92 Å². The zero-order valence-electron chi connectivity index (χ0n) is 16.3. The van der Waals surface area contributed by atoms with Crippen LogP contribution in [0.15, 0.2) is 53.3 Å². The summed E-state index contributed by atoms with van der Waals surface area (Å²) in [5.74, 6) is -0.221. The first-order valence-corrected chi connectivity index (χ1v) is 9.85. The Kier molecular flexibility index (Phi) is 5.29. The molecular formula is C22H23FN4O2. The van der Waals surface area contributed by atoms with Gasteiger partial charge >= 0.3 is 0 Å². The number of aryl methyl sites for hydroxylation is 1. The van der Waals surface area contributed by atoms with E-state index in [0.29, 0.717) is 29.8 Å². The Morgan fingerprint density at radius 3 is 2.62 bits per heavy atom. The third-order valence-corrected chi connectivity index (χ3v) is 5.41. The molecule has 150 valence electrons. The lowest BCUT2D eigenvalue weighted by molar-refractivity contribution is 0.0943. The molecule has 1 saturated heterocycles. The smallest absolute Gasteiger partial charge is 0.274 e. The molecule has 0 bridgehead atoms. The third-order valence-electron chi connectivity index (χ3n) is 5.41. The molecule has 1 amide bonds. The molecule has 29 heavy (non-hydrogen) atoms. The van der Waals surface area contributed by atoms with Gasteiger partial charge in [-0.25, -0.2) is 9.07 Å². The molecule has 2 heterocycles. The molecule has 1 N–H and O–H groups in total. The van der Waals surface area contributed by atoms with Crippen LogP contribution >= 0.6 is 0 Å². The van der Waals surface area contributed by atoms with Gasteiger partial charge in [-0.05, 0) is 49.6 Å². The van der Waals surface area contributed by atoms with E-state index in [1.165, 1.54) is 16.8 Å². The summed E-state index contributed by atoms with van der Waals surface area (Å²) >= 11 is 0. The summed E-state index contributed by atoms with van der Waals surface area (Å²) in [6, 6.07) is 13.5. The summed E-state index contributed by atoms with van der Waals surface area (Å²) in [6.45, 7) is 4.42. The quantitative estimate of drug-likeness (QED) is 0.723. The fourth-order valence-electron chi connectivity index (χ4n) is 3.82. The van der Waals surface area contributed by atoms with Crippen molar-refractivity contribution in [2.24, 2.45) is 5.92 Å². The molecule has 1 atom stereocenters. The average Bonchev–Trinajstić information content (AvgIpc) is 3.22. The maximum Gasteiger partial charge on any atom is 0.274 e. The van der Waals surface area contributed by atoms with Crippen molar-refractivity contribution in [3.05, 3.63) is 70.4 Å². The molecule has 0 aliphatic carbocycles. The summed E-state index contributed by atoms with van der Waals surface area (Å²) in [6.07, 6.45) is 0.945. The van der Waals surface area contributed by atoms with Crippen LogP contribution in [0.1, 0.15) is 23.8 Å². The van der Waals surface area contributed by atoms with Crippen molar-refractivity contribution in [1.29, 1.82) is 0 Å². The van der Waals surface area contributed by atoms with Crippen LogP contribution in [0.2, 0.25) is 0 Å². The first kappa shape index (κ1) is 19.1. The molecule has 4 rings (SSSR count). The number of hydrogen-bond acceptors (Lipinski definition) is 4. The molecule has 0 spiro atoms. The van der Waals surface area contributed by atoms with E-state index in [4.69, 9.17) is 0 Å². The Hall–Kier alpha value is -3.22. The van der Waals surface area contributed by atoms with Crippen molar-refractivity contribution in [2.75, 3.05) is 24.5 Å². The molecule has 1 unspecified atom stereocenters. The van der Waals surface area contributed by atoms with Gasteiger partial charge in [0.1, 0.15) is 5.82 Å². The SMILES string of the molecule is CCn1nc(C(=O)NCC2CCN(c3ccc(F)cc3)C2)c2ccccc2c1=O. The van der Waals surface area contributed by atoms with E-state index in [0.717, 1.165) is 25.2 Å². The van der Waals surface area contributed by atoms with E-state index < -0.39 is 0 Å². The highest BCUT2D eigenvalue weighted by atomic mass is 19.1. The van der Waals surface area contributed by atoms with E-state index in [2.05, 4.69) is 15.3 Å². The van der Waals surface area contributed by atoms with E-state index in [9.17, 15) is 14.0 Å². The molecule has 0 radical (unpaired) electrons. The number of nitrogens with zero attached hydrogens (tertiary/aromatic N) is 3. The van der Waals surface area contributed by atoms with Crippen molar-refractivity contribution < 1.29 is 9.18 Å². The number of benzene rings is 2. The van der Waals surface area contributed by atoms with Crippen LogP contribution in [0.5, 0.6) is 0 Å². The van der Waals surface area contributed by atoms with Crippen LogP contribution in [0.25, 0.3) is 10.8 Å². The minimum Gasteiger partial charge on any atom is -0.371 e. The monoisotopic (exact) mass is 394 g/mol. The number of hydrogen-bond donors (Lipinski definition) is 1. The Morgan fingerprint density at radius 1 is 1.17 bits per heavy atom. The van der Waals surface area contributed by atoms with Crippen LogP contribution in [0, 0.1) is 11.7 Å². The third kappa shape index (κ3) is 3.85. The van der Waals surface area contributed by atoms with E-state index in [1.54, 1.807) is 36.4 Å². The first-order chi connectivity index (χ1) is 14.1. The van der Waals surface area contributed by atoms with Crippen LogP contribution in [-0.4, -0.2) is 35.3 Å². The lowest BCUT2D eigenvalue weighted by Gasteiger charge is -2.19. The summed E-state index contributed by atoms with van der Waals surface area (Å²) in [5, 5.41) is 8.33. The average molecular weight is 394 g/mol. The largest absolute Gasteiger partial charge is 0.371 e. The maximum absolute atomic E-state index is 13.1. The number of anilines is 1. The van der Waals surface area contributed by atoms with Gasteiger partial charge in [0.2, 0.25) is 0 Å². The van der Waals surface area contributed by atoms with Gasteiger partial charge in [-0.15, -0.1) is 0 Å². The number of nitrogens with one attached hydrogen (secondary N) is 1. The van der Waals surface area contributed by atoms with Crippen molar-refractivity contribution >= 4 is 22.4 Å². The maximum atomic E-state index is 13.1. The fourth-order valence-corrected chi connectivity index (χ4v) is 3.82. The van der Waals surface area contributed by atoms with Crippen molar-refractivity contribution in [2.45, 2.75) is 19.9 Å². The summed E-state index contributed by atoms with van der Waals surface area (Å²) in [7, 11) is 0. The normalized spacial score (nSPS) is 16.3. The Morgan fingerprint density at radius 2 is 1.90 bits per heavy atom. The second kappa shape index (κ2) is 8.03. The number of halogens is 1.